The van der Waals surface area contributed by atoms with Gasteiger partial charge in [-0.2, -0.15) is 4.98 Å². The summed E-state index contributed by atoms with van der Waals surface area (Å²) in [5, 5.41) is 15.3. The zero-order valence-electron chi connectivity index (χ0n) is 16.2. The minimum atomic E-state index is -0.259. The lowest BCUT2D eigenvalue weighted by Gasteiger charge is -2.02. The average molecular weight is 440 g/mol. The predicted octanol–water partition coefficient (Wildman–Crippen LogP) is 4.45. The number of methoxy groups -OCH3 is 1. The van der Waals surface area contributed by atoms with Crippen molar-refractivity contribution in [1.29, 1.82) is 0 Å². The molecule has 0 aliphatic carbocycles. The molecule has 0 unspecified atom stereocenters. The van der Waals surface area contributed by atoms with Crippen LogP contribution in [0.15, 0.2) is 57.4 Å². The first-order valence-electron chi connectivity index (χ1n) is 8.92. The SMILES string of the molecule is COc1ccc(C(=O)Nc2nnc(SCc3nc(-c4ccc(C)cc4)no3)s2)cc1. The number of carbonyl (C=O) groups is 1. The standard InChI is InChI=1S/C20H17N5O3S2/c1-12-3-5-13(6-4-12)17-21-16(28-25-17)11-29-20-24-23-19(30-20)22-18(26)14-7-9-15(27-2)10-8-14/h3-10H,11H2,1-2H3,(H,22,23,26). The van der Waals surface area contributed by atoms with E-state index in [1.165, 1.54) is 28.7 Å². The molecule has 0 aliphatic heterocycles. The molecule has 4 aromatic rings. The maximum absolute atomic E-state index is 12.3. The highest BCUT2D eigenvalue weighted by atomic mass is 32.2. The molecule has 1 amide bonds. The van der Waals surface area contributed by atoms with Gasteiger partial charge in [0.15, 0.2) is 4.34 Å². The summed E-state index contributed by atoms with van der Waals surface area (Å²) in [4.78, 5) is 16.7. The second-order valence-corrected chi connectivity index (χ2v) is 8.42. The Morgan fingerprint density at radius 3 is 2.63 bits per heavy atom. The van der Waals surface area contributed by atoms with Crippen molar-refractivity contribution in [2.75, 3.05) is 12.4 Å². The minimum Gasteiger partial charge on any atom is -0.497 e. The Labute approximate surface area is 180 Å². The second-order valence-electron chi connectivity index (χ2n) is 6.22. The van der Waals surface area contributed by atoms with Gasteiger partial charge in [-0.05, 0) is 31.2 Å². The van der Waals surface area contributed by atoms with Gasteiger partial charge in [-0.25, -0.2) is 0 Å². The quantitative estimate of drug-likeness (QED) is 0.333. The van der Waals surface area contributed by atoms with E-state index >= 15 is 0 Å². The first kappa shape index (κ1) is 20.0. The zero-order chi connectivity index (χ0) is 20.9. The molecule has 2 heterocycles. The van der Waals surface area contributed by atoms with E-state index in [2.05, 4.69) is 25.7 Å². The normalized spacial score (nSPS) is 10.7. The Balaban J connectivity index is 1.33. The Hall–Kier alpha value is -3.24. The maximum Gasteiger partial charge on any atom is 0.257 e. The highest BCUT2D eigenvalue weighted by Gasteiger charge is 2.13. The second kappa shape index (κ2) is 9.06. The fourth-order valence-electron chi connectivity index (χ4n) is 2.49. The van der Waals surface area contributed by atoms with Crippen LogP contribution in [-0.4, -0.2) is 33.4 Å². The third-order valence-electron chi connectivity index (χ3n) is 4.08. The van der Waals surface area contributed by atoms with Crippen molar-refractivity contribution in [3.05, 3.63) is 65.5 Å². The fraction of sp³-hybridized carbons (Fsp3) is 0.150. The summed E-state index contributed by atoms with van der Waals surface area (Å²) in [5.74, 6) is 1.93. The molecule has 30 heavy (non-hydrogen) atoms. The maximum atomic E-state index is 12.3. The molecule has 0 aliphatic rings. The largest absolute Gasteiger partial charge is 0.497 e. The van der Waals surface area contributed by atoms with Crippen molar-refractivity contribution in [2.45, 2.75) is 17.0 Å². The molecule has 0 fully saturated rings. The molecule has 8 nitrogen and oxygen atoms in total. The molecule has 0 radical (unpaired) electrons. The van der Waals surface area contributed by atoms with Gasteiger partial charge < -0.3 is 9.26 Å². The van der Waals surface area contributed by atoms with Crippen LogP contribution in [0.3, 0.4) is 0 Å². The molecular formula is C20H17N5O3S2. The molecule has 152 valence electrons. The average Bonchev–Trinajstić information content (AvgIpc) is 3.42. The lowest BCUT2D eigenvalue weighted by atomic mass is 10.1. The van der Waals surface area contributed by atoms with Gasteiger partial charge in [0, 0.05) is 11.1 Å². The van der Waals surface area contributed by atoms with Crippen LogP contribution in [0.2, 0.25) is 0 Å². The predicted molar refractivity (Wildman–Crippen MR) is 115 cm³/mol. The molecule has 10 heteroatoms. The highest BCUT2D eigenvalue weighted by molar-refractivity contribution is 8.00. The van der Waals surface area contributed by atoms with E-state index < -0.39 is 0 Å². The van der Waals surface area contributed by atoms with Crippen LogP contribution in [0, 0.1) is 6.92 Å². The number of ether oxygens (including phenoxy) is 1. The molecule has 0 saturated heterocycles. The van der Waals surface area contributed by atoms with E-state index in [0.717, 1.165) is 5.56 Å². The molecule has 2 aromatic carbocycles. The summed E-state index contributed by atoms with van der Waals surface area (Å²) >= 11 is 2.70. The van der Waals surface area contributed by atoms with E-state index in [9.17, 15) is 4.79 Å². The third-order valence-corrected chi connectivity index (χ3v) is 6.03. The van der Waals surface area contributed by atoms with Crippen molar-refractivity contribution < 1.29 is 14.1 Å². The summed E-state index contributed by atoms with van der Waals surface area (Å²) in [5.41, 5.74) is 2.58. The van der Waals surface area contributed by atoms with E-state index in [0.29, 0.717) is 38.3 Å². The summed E-state index contributed by atoms with van der Waals surface area (Å²) in [6.07, 6.45) is 0. The van der Waals surface area contributed by atoms with Crippen molar-refractivity contribution >= 4 is 34.1 Å². The third kappa shape index (κ3) is 4.84. The summed E-state index contributed by atoms with van der Waals surface area (Å²) < 4.78 is 11.1. The van der Waals surface area contributed by atoms with Crippen molar-refractivity contribution in [1.82, 2.24) is 20.3 Å². The summed E-state index contributed by atoms with van der Waals surface area (Å²) in [6, 6.07) is 14.8. The number of carbonyl (C=O) groups excluding carboxylic acids is 1. The van der Waals surface area contributed by atoms with Gasteiger partial charge >= 0.3 is 0 Å². The fourth-order valence-corrected chi connectivity index (χ4v) is 4.07. The molecular weight excluding hydrogens is 422 g/mol. The Bertz CT molecular complexity index is 1140. The van der Waals surface area contributed by atoms with Crippen LogP contribution in [0.5, 0.6) is 5.75 Å². The lowest BCUT2D eigenvalue weighted by molar-refractivity contribution is 0.102. The Morgan fingerprint density at radius 2 is 1.90 bits per heavy atom. The Morgan fingerprint density at radius 1 is 1.13 bits per heavy atom. The number of anilines is 1. The number of amides is 1. The molecule has 2 aromatic heterocycles. The van der Waals surface area contributed by atoms with Crippen LogP contribution < -0.4 is 10.1 Å². The van der Waals surface area contributed by atoms with Gasteiger partial charge in [-0.3, -0.25) is 10.1 Å². The molecule has 0 spiro atoms. The number of benzene rings is 2. The topological polar surface area (TPSA) is 103 Å². The van der Waals surface area contributed by atoms with E-state index in [1.807, 2.05) is 31.2 Å². The lowest BCUT2D eigenvalue weighted by Crippen LogP contribution is -2.11. The van der Waals surface area contributed by atoms with Gasteiger partial charge in [0.1, 0.15) is 5.75 Å². The van der Waals surface area contributed by atoms with Crippen LogP contribution in [0.4, 0.5) is 5.13 Å². The van der Waals surface area contributed by atoms with E-state index in [1.54, 1.807) is 31.4 Å². The van der Waals surface area contributed by atoms with Crippen molar-refractivity contribution in [3.63, 3.8) is 0 Å². The Kier molecular flexibility index (Phi) is 6.05. The first-order chi connectivity index (χ1) is 14.6. The van der Waals surface area contributed by atoms with Gasteiger partial charge in [0.2, 0.25) is 16.8 Å². The monoisotopic (exact) mass is 439 g/mol. The van der Waals surface area contributed by atoms with Crippen LogP contribution in [-0.2, 0) is 5.75 Å². The summed E-state index contributed by atoms with van der Waals surface area (Å²) in [6.45, 7) is 2.03. The number of aryl methyl sites for hydroxylation is 1. The highest BCUT2D eigenvalue weighted by Crippen LogP contribution is 2.29. The summed E-state index contributed by atoms with van der Waals surface area (Å²) in [7, 11) is 1.58. The number of thioether (sulfide) groups is 1. The number of hydrogen-bond donors (Lipinski definition) is 1. The van der Waals surface area contributed by atoms with Crippen molar-refractivity contribution in [3.8, 4) is 17.1 Å². The van der Waals surface area contributed by atoms with Gasteiger partial charge in [-0.1, -0.05) is 58.1 Å². The molecule has 1 N–H and O–H groups in total. The number of nitrogens with one attached hydrogen (secondary N) is 1. The number of nitrogens with zero attached hydrogens (tertiary/aromatic N) is 4. The van der Waals surface area contributed by atoms with Gasteiger partial charge in [0.25, 0.3) is 5.91 Å². The first-order valence-corrected chi connectivity index (χ1v) is 10.7. The van der Waals surface area contributed by atoms with Gasteiger partial charge in [-0.15, -0.1) is 10.2 Å². The zero-order valence-corrected chi connectivity index (χ0v) is 17.8. The molecule has 0 saturated carbocycles. The molecule has 0 bridgehead atoms. The van der Waals surface area contributed by atoms with Crippen LogP contribution in [0.25, 0.3) is 11.4 Å². The number of rotatable bonds is 7. The minimum absolute atomic E-state index is 0.259. The van der Waals surface area contributed by atoms with Crippen LogP contribution in [0.1, 0.15) is 21.8 Å². The smallest absolute Gasteiger partial charge is 0.257 e. The van der Waals surface area contributed by atoms with Gasteiger partial charge in [0.05, 0.1) is 12.9 Å². The van der Waals surface area contributed by atoms with Crippen LogP contribution >= 0.6 is 23.1 Å². The number of aromatic nitrogens is 4. The van der Waals surface area contributed by atoms with Crippen molar-refractivity contribution in [2.24, 2.45) is 0 Å². The molecule has 4 rings (SSSR count). The molecule has 0 atom stereocenters. The number of hydrogen-bond acceptors (Lipinski definition) is 9. The van der Waals surface area contributed by atoms with E-state index in [4.69, 9.17) is 9.26 Å². The van der Waals surface area contributed by atoms with E-state index in [-0.39, 0.29) is 5.91 Å².